The third-order valence-corrected chi connectivity index (χ3v) is 8.20. The van der Waals surface area contributed by atoms with Crippen molar-refractivity contribution in [3.63, 3.8) is 0 Å². The average molecular weight is 482 g/mol. The second-order valence-corrected chi connectivity index (χ2v) is 11.1. The summed E-state index contributed by atoms with van der Waals surface area (Å²) >= 11 is 1.63. The minimum atomic E-state index is -0.398. The molecule has 0 radical (unpaired) electrons. The Balaban J connectivity index is 1.53. The maximum atomic E-state index is 13.7. The molecule has 4 rings (SSSR count). The van der Waals surface area contributed by atoms with Crippen molar-refractivity contribution in [3.05, 3.63) is 57.8 Å². The van der Waals surface area contributed by atoms with Gasteiger partial charge in [0, 0.05) is 36.1 Å². The Bertz CT molecular complexity index is 958. The third-order valence-electron chi connectivity index (χ3n) is 7.26. The highest BCUT2D eigenvalue weighted by molar-refractivity contribution is 7.10. The Labute approximate surface area is 208 Å². The van der Waals surface area contributed by atoms with E-state index in [1.807, 2.05) is 40.6 Å². The normalized spacial score (nSPS) is 23.2. The molecule has 5 nitrogen and oxygen atoms in total. The van der Waals surface area contributed by atoms with Gasteiger partial charge in [-0.3, -0.25) is 9.59 Å². The Kier molecular flexibility index (Phi) is 8.43. The first kappa shape index (κ1) is 24.9. The van der Waals surface area contributed by atoms with E-state index in [1.165, 1.54) is 32.2 Å². The van der Waals surface area contributed by atoms with Crippen LogP contribution in [0.3, 0.4) is 0 Å². The molecule has 184 valence electrons. The number of amides is 2. The maximum Gasteiger partial charge on any atom is 0.254 e. The van der Waals surface area contributed by atoms with Gasteiger partial charge in [-0.05, 0) is 61.2 Å². The van der Waals surface area contributed by atoms with Crippen molar-refractivity contribution < 1.29 is 9.59 Å². The lowest BCUT2D eigenvalue weighted by atomic mass is 9.81. The van der Waals surface area contributed by atoms with Crippen LogP contribution in [0.15, 0.2) is 41.8 Å². The number of nitrogens with zero attached hydrogens (tertiary/aromatic N) is 2. The molecule has 2 aliphatic heterocycles. The molecule has 3 unspecified atom stereocenters. The average Bonchev–Trinajstić information content (AvgIpc) is 3.38. The number of carbonyl (C=O) groups is 2. The molecule has 2 amide bonds. The summed E-state index contributed by atoms with van der Waals surface area (Å²) in [4.78, 5) is 32.8. The SMILES string of the molecule is CCC1CCCCN1CCCNC(=O)C1c2ccccc2C(=O)N(CC(C)C)C1c1cccs1. The third kappa shape index (κ3) is 5.38. The fraction of sp³-hybridized carbons (Fsp3) is 0.571. The number of likely N-dealkylation sites (tertiary alicyclic amines) is 1. The van der Waals surface area contributed by atoms with Crippen LogP contribution in [0.2, 0.25) is 0 Å². The zero-order chi connectivity index (χ0) is 24.1. The molecular weight excluding hydrogens is 442 g/mol. The second kappa shape index (κ2) is 11.5. The second-order valence-electron chi connectivity index (χ2n) is 10.1. The largest absolute Gasteiger partial charge is 0.355 e. The van der Waals surface area contributed by atoms with Crippen LogP contribution in [-0.4, -0.2) is 53.8 Å². The van der Waals surface area contributed by atoms with Gasteiger partial charge in [-0.1, -0.05) is 51.5 Å². The summed E-state index contributed by atoms with van der Waals surface area (Å²) in [5, 5.41) is 5.28. The van der Waals surface area contributed by atoms with Crippen molar-refractivity contribution >= 4 is 23.2 Å². The lowest BCUT2D eigenvalue weighted by molar-refractivity contribution is -0.124. The monoisotopic (exact) mass is 481 g/mol. The number of rotatable bonds is 9. The Morgan fingerprint density at radius 2 is 2.00 bits per heavy atom. The molecule has 0 saturated carbocycles. The quantitative estimate of drug-likeness (QED) is 0.484. The van der Waals surface area contributed by atoms with Gasteiger partial charge in [-0.25, -0.2) is 0 Å². The van der Waals surface area contributed by atoms with Gasteiger partial charge in [-0.2, -0.15) is 0 Å². The highest BCUT2D eigenvalue weighted by Gasteiger charge is 2.44. The van der Waals surface area contributed by atoms with Crippen LogP contribution in [0.1, 0.15) is 85.6 Å². The van der Waals surface area contributed by atoms with Crippen molar-refractivity contribution in [1.29, 1.82) is 0 Å². The van der Waals surface area contributed by atoms with Crippen LogP contribution in [0, 0.1) is 5.92 Å². The minimum Gasteiger partial charge on any atom is -0.355 e. The lowest BCUT2D eigenvalue weighted by Gasteiger charge is -2.42. The Hall–Kier alpha value is -2.18. The number of nitrogens with one attached hydrogen (secondary N) is 1. The van der Waals surface area contributed by atoms with Crippen molar-refractivity contribution in [2.75, 3.05) is 26.2 Å². The van der Waals surface area contributed by atoms with E-state index in [0.29, 0.717) is 30.6 Å². The van der Waals surface area contributed by atoms with Crippen molar-refractivity contribution in [3.8, 4) is 0 Å². The molecule has 2 aromatic rings. The zero-order valence-corrected chi connectivity index (χ0v) is 21.7. The smallest absolute Gasteiger partial charge is 0.254 e. The fourth-order valence-corrected chi connectivity index (χ4v) is 6.54. The van der Waals surface area contributed by atoms with E-state index in [9.17, 15) is 9.59 Å². The van der Waals surface area contributed by atoms with E-state index in [0.717, 1.165) is 23.4 Å². The number of carbonyl (C=O) groups excluding carboxylic acids is 2. The summed E-state index contributed by atoms with van der Waals surface area (Å²) in [6.45, 7) is 10.0. The summed E-state index contributed by atoms with van der Waals surface area (Å²) in [6, 6.07) is 12.2. The fourth-order valence-electron chi connectivity index (χ4n) is 5.67. The summed E-state index contributed by atoms with van der Waals surface area (Å²) in [5.74, 6) is -0.0265. The molecule has 1 aromatic heterocycles. The van der Waals surface area contributed by atoms with Crippen LogP contribution in [0.25, 0.3) is 0 Å². The molecular formula is C28H39N3O2S. The molecule has 1 fully saturated rings. The van der Waals surface area contributed by atoms with Crippen LogP contribution < -0.4 is 5.32 Å². The number of piperidine rings is 1. The van der Waals surface area contributed by atoms with Gasteiger partial charge in [0.25, 0.3) is 5.91 Å². The summed E-state index contributed by atoms with van der Waals surface area (Å²) < 4.78 is 0. The van der Waals surface area contributed by atoms with Gasteiger partial charge >= 0.3 is 0 Å². The molecule has 2 aliphatic rings. The number of hydrogen-bond donors (Lipinski definition) is 1. The molecule has 0 aliphatic carbocycles. The summed E-state index contributed by atoms with van der Waals surface area (Å²) in [6.07, 6.45) is 6.07. The van der Waals surface area contributed by atoms with Crippen molar-refractivity contribution in [2.45, 2.75) is 70.9 Å². The van der Waals surface area contributed by atoms with Gasteiger partial charge in [0.2, 0.25) is 5.91 Å². The van der Waals surface area contributed by atoms with Gasteiger partial charge in [0.05, 0.1) is 12.0 Å². The molecule has 34 heavy (non-hydrogen) atoms. The van der Waals surface area contributed by atoms with Gasteiger partial charge in [0.15, 0.2) is 0 Å². The van der Waals surface area contributed by atoms with Crippen molar-refractivity contribution in [1.82, 2.24) is 15.1 Å². The van der Waals surface area contributed by atoms with E-state index in [1.54, 1.807) is 11.3 Å². The van der Waals surface area contributed by atoms with Crippen molar-refractivity contribution in [2.24, 2.45) is 5.92 Å². The topological polar surface area (TPSA) is 52.7 Å². The molecule has 3 atom stereocenters. The Morgan fingerprint density at radius 1 is 1.18 bits per heavy atom. The van der Waals surface area contributed by atoms with E-state index < -0.39 is 5.92 Å². The molecule has 1 N–H and O–H groups in total. The number of fused-ring (bicyclic) bond motifs is 1. The zero-order valence-electron chi connectivity index (χ0n) is 20.8. The highest BCUT2D eigenvalue weighted by Crippen LogP contribution is 2.44. The predicted octanol–water partition coefficient (Wildman–Crippen LogP) is 5.46. The molecule has 0 spiro atoms. The highest BCUT2D eigenvalue weighted by atomic mass is 32.1. The number of thiophene rings is 1. The number of hydrogen-bond acceptors (Lipinski definition) is 4. The van der Waals surface area contributed by atoms with E-state index >= 15 is 0 Å². The molecule has 6 heteroatoms. The van der Waals surface area contributed by atoms with E-state index in [4.69, 9.17) is 0 Å². The van der Waals surface area contributed by atoms with Gasteiger partial charge in [-0.15, -0.1) is 11.3 Å². The molecule has 0 bridgehead atoms. The molecule has 1 saturated heterocycles. The van der Waals surface area contributed by atoms with Crippen LogP contribution in [0.4, 0.5) is 0 Å². The Morgan fingerprint density at radius 3 is 2.74 bits per heavy atom. The minimum absolute atomic E-state index is 0.0257. The first-order chi connectivity index (χ1) is 16.5. The molecule has 3 heterocycles. The first-order valence-electron chi connectivity index (χ1n) is 13.0. The van der Waals surface area contributed by atoms with Crippen LogP contribution >= 0.6 is 11.3 Å². The number of benzene rings is 1. The van der Waals surface area contributed by atoms with Crippen LogP contribution in [-0.2, 0) is 4.79 Å². The van der Waals surface area contributed by atoms with Gasteiger partial charge < -0.3 is 15.1 Å². The van der Waals surface area contributed by atoms with E-state index in [2.05, 4.69) is 37.1 Å². The lowest BCUT2D eigenvalue weighted by Crippen LogP contribution is -2.48. The summed E-state index contributed by atoms with van der Waals surface area (Å²) in [5.41, 5.74) is 1.51. The molecule has 1 aromatic carbocycles. The standard InChI is InChI=1S/C28H39N3O2S/c1-4-21-11-7-8-16-30(21)17-10-15-29-27(32)25-22-12-5-6-13-23(22)28(33)31(19-20(2)3)26(25)24-14-9-18-34-24/h5-6,9,12-14,18,20-21,25-26H,4,7-8,10-11,15-17,19H2,1-3H3,(H,29,32). The summed E-state index contributed by atoms with van der Waals surface area (Å²) in [7, 11) is 0. The van der Waals surface area contributed by atoms with Crippen LogP contribution in [0.5, 0.6) is 0 Å². The van der Waals surface area contributed by atoms with E-state index in [-0.39, 0.29) is 17.9 Å². The first-order valence-corrected chi connectivity index (χ1v) is 13.8. The predicted molar refractivity (Wildman–Crippen MR) is 139 cm³/mol. The maximum absolute atomic E-state index is 13.7. The van der Waals surface area contributed by atoms with Gasteiger partial charge in [0.1, 0.15) is 0 Å².